The summed E-state index contributed by atoms with van der Waals surface area (Å²) in [7, 11) is -3.02. The molecule has 0 atom stereocenters. The topological polar surface area (TPSA) is 59.4 Å². The molecule has 7 heteroatoms. The predicted molar refractivity (Wildman–Crippen MR) is 141 cm³/mol. The van der Waals surface area contributed by atoms with E-state index >= 15 is 0 Å². The lowest BCUT2D eigenvalue weighted by molar-refractivity contribution is 0.0919. The Morgan fingerprint density at radius 1 is 0.971 bits per heavy atom. The number of aryl methyl sites for hydroxylation is 1. The van der Waals surface area contributed by atoms with E-state index in [1.54, 1.807) is 0 Å². The number of Topliss-reactive ketones (excluding diaryl/α,β-unsaturated/α-hetero) is 1. The van der Waals surface area contributed by atoms with Crippen LogP contribution in [0, 0.1) is 6.92 Å². The normalized spacial score (nSPS) is 22.3. The number of fused-ring (bicyclic) bond motifs is 3. The van der Waals surface area contributed by atoms with Crippen LogP contribution in [0.5, 0.6) is 0 Å². The summed E-state index contributed by atoms with van der Waals surface area (Å²) in [5.74, 6) is 0.343. The predicted octanol–water partition coefficient (Wildman–Crippen LogP) is 5.52. The maximum atomic E-state index is 13.7. The number of carbonyl (C=O) groups excluding carboxylic acids is 1. The number of ketones is 1. The molecule has 0 spiro atoms. The van der Waals surface area contributed by atoms with E-state index in [4.69, 9.17) is 11.6 Å². The van der Waals surface area contributed by atoms with Crippen molar-refractivity contribution in [2.45, 2.75) is 69.2 Å². The van der Waals surface area contributed by atoms with E-state index < -0.39 is 9.84 Å². The van der Waals surface area contributed by atoms with Gasteiger partial charge >= 0.3 is 0 Å². The highest BCUT2D eigenvalue weighted by Gasteiger charge is 2.40. The summed E-state index contributed by atoms with van der Waals surface area (Å²) in [6.45, 7) is 2.48. The van der Waals surface area contributed by atoms with Crippen molar-refractivity contribution in [1.29, 1.82) is 0 Å². The zero-order chi connectivity index (χ0) is 24.3. The number of halogens is 1. The Hall–Kier alpha value is -2.15. The van der Waals surface area contributed by atoms with E-state index in [2.05, 4.69) is 15.5 Å². The van der Waals surface area contributed by atoms with Crippen LogP contribution < -0.4 is 0 Å². The third-order valence-corrected chi connectivity index (χ3v) is 10.8. The monoisotopic (exact) mass is 510 g/mol. The van der Waals surface area contributed by atoms with Gasteiger partial charge in [-0.1, -0.05) is 23.7 Å². The molecule has 1 aliphatic carbocycles. The van der Waals surface area contributed by atoms with Crippen LogP contribution in [-0.2, 0) is 16.3 Å². The number of sulfone groups is 1. The molecule has 35 heavy (non-hydrogen) atoms. The quantitative estimate of drug-likeness (QED) is 0.374. The molecule has 2 saturated heterocycles. The van der Waals surface area contributed by atoms with Crippen molar-refractivity contribution in [2.24, 2.45) is 0 Å². The average molecular weight is 511 g/mol. The van der Waals surface area contributed by atoms with Crippen LogP contribution in [-0.4, -0.2) is 53.3 Å². The summed E-state index contributed by atoms with van der Waals surface area (Å²) in [5, 5.41) is 1.45. The minimum Gasteiger partial charge on any atom is -0.313 e. The molecule has 2 aliphatic heterocycles. The van der Waals surface area contributed by atoms with E-state index in [0.29, 0.717) is 30.1 Å². The molecule has 1 aromatic heterocycles. The van der Waals surface area contributed by atoms with Crippen LogP contribution >= 0.6 is 11.6 Å². The first-order valence-corrected chi connectivity index (χ1v) is 14.8. The number of nitrogens with zero attached hydrogens (tertiary/aromatic N) is 2. The molecule has 2 aromatic carbocycles. The molecule has 5 nitrogen and oxygen atoms in total. The minimum atomic E-state index is -3.02. The summed E-state index contributed by atoms with van der Waals surface area (Å²) in [4.78, 5) is 16.1. The molecule has 0 amide bonds. The molecular formula is C28H31ClN2O3S. The number of hydrogen-bond acceptors (Lipinski definition) is 4. The van der Waals surface area contributed by atoms with Gasteiger partial charge in [0.2, 0.25) is 0 Å². The van der Waals surface area contributed by atoms with E-state index in [1.807, 2.05) is 43.3 Å². The average Bonchev–Trinajstić information content (AvgIpc) is 3.50. The van der Waals surface area contributed by atoms with Crippen LogP contribution in [0.3, 0.4) is 0 Å². The van der Waals surface area contributed by atoms with Gasteiger partial charge in [0, 0.05) is 39.4 Å². The fraction of sp³-hybridized carbons (Fsp3) is 0.464. The number of aromatic nitrogens is 1. The van der Waals surface area contributed by atoms with E-state index in [0.717, 1.165) is 46.3 Å². The second-order valence-electron chi connectivity index (χ2n) is 10.5. The molecule has 3 aliphatic rings. The molecular weight excluding hydrogens is 480 g/mol. The van der Waals surface area contributed by atoms with Gasteiger partial charge in [-0.05, 0) is 87.8 Å². The minimum absolute atomic E-state index is 0.142. The van der Waals surface area contributed by atoms with Gasteiger partial charge in [-0.25, -0.2) is 8.42 Å². The SMILES string of the molecule is Cc1c(C(=O)CN2C3CCC2CC3)c2ccc(CCS(=O)(=O)C3CC3)cc2n1-c1ccc(Cl)cc1. The molecule has 2 bridgehead atoms. The van der Waals surface area contributed by atoms with Crippen molar-refractivity contribution in [3.63, 3.8) is 0 Å². The van der Waals surface area contributed by atoms with Crippen LogP contribution in [0.25, 0.3) is 16.6 Å². The van der Waals surface area contributed by atoms with Crippen molar-refractivity contribution >= 4 is 38.1 Å². The Bertz CT molecular complexity index is 1390. The standard InChI is InChI=1S/C28H31ClN2O3S/c1-18-28(27(32)17-30-21-7-8-22(30)10-9-21)25-13-2-19(14-15-35(33,34)24-11-12-24)16-26(25)31(18)23-5-3-20(29)4-6-23/h2-6,13,16,21-22,24H,7-12,14-15,17H2,1H3. The molecule has 0 radical (unpaired) electrons. The van der Waals surface area contributed by atoms with Crippen molar-refractivity contribution < 1.29 is 13.2 Å². The van der Waals surface area contributed by atoms with Gasteiger partial charge in [0.1, 0.15) is 0 Å². The molecule has 0 N–H and O–H groups in total. The van der Waals surface area contributed by atoms with Gasteiger partial charge in [-0.3, -0.25) is 9.69 Å². The zero-order valence-electron chi connectivity index (χ0n) is 20.0. The van der Waals surface area contributed by atoms with Crippen molar-refractivity contribution in [3.8, 4) is 5.69 Å². The molecule has 3 heterocycles. The number of rotatable bonds is 8. The second-order valence-corrected chi connectivity index (χ2v) is 13.3. The maximum absolute atomic E-state index is 13.7. The number of hydrogen-bond donors (Lipinski definition) is 0. The fourth-order valence-electron chi connectivity index (χ4n) is 6.27. The second kappa shape index (κ2) is 8.75. The first-order valence-electron chi connectivity index (χ1n) is 12.7. The van der Waals surface area contributed by atoms with Gasteiger partial charge in [-0.15, -0.1) is 0 Å². The van der Waals surface area contributed by atoms with Crippen molar-refractivity contribution in [2.75, 3.05) is 12.3 Å². The summed E-state index contributed by atoms with van der Waals surface area (Å²) >= 11 is 6.16. The lowest BCUT2D eigenvalue weighted by Gasteiger charge is -2.20. The van der Waals surface area contributed by atoms with Gasteiger partial charge in [0.05, 0.1) is 23.1 Å². The largest absolute Gasteiger partial charge is 0.313 e. The lowest BCUT2D eigenvalue weighted by Crippen LogP contribution is -2.34. The number of carbonyl (C=O) groups is 1. The molecule has 0 unspecified atom stereocenters. The van der Waals surface area contributed by atoms with E-state index in [-0.39, 0.29) is 16.8 Å². The smallest absolute Gasteiger partial charge is 0.179 e. The Labute approximate surface area is 212 Å². The summed E-state index contributed by atoms with van der Waals surface area (Å²) in [6.07, 6.45) is 6.90. The van der Waals surface area contributed by atoms with Crippen LogP contribution in [0.1, 0.15) is 60.1 Å². The van der Waals surface area contributed by atoms with Crippen LogP contribution in [0.15, 0.2) is 42.5 Å². The highest BCUT2D eigenvalue weighted by Crippen LogP contribution is 2.38. The Balaban J connectivity index is 1.39. The molecule has 1 saturated carbocycles. The third-order valence-electron chi connectivity index (χ3n) is 8.27. The first kappa shape index (κ1) is 23.3. The highest BCUT2D eigenvalue weighted by atomic mass is 35.5. The summed E-state index contributed by atoms with van der Waals surface area (Å²) in [6, 6.07) is 14.8. The maximum Gasteiger partial charge on any atom is 0.179 e. The van der Waals surface area contributed by atoms with E-state index in [1.165, 1.54) is 25.7 Å². The Morgan fingerprint density at radius 2 is 1.63 bits per heavy atom. The van der Waals surface area contributed by atoms with Gasteiger partial charge in [0.15, 0.2) is 15.6 Å². The summed E-state index contributed by atoms with van der Waals surface area (Å²) < 4.78 is 27.0. The highest BCUT2D eigenvalue weighted by molar-refractivity contribution is 7.92. The molecule has 3 aromatic rings. The Kier molecular flexibility index (Phi) is 5.82. The molecule has 184 valence electrons. The molecule has 6 rings (SSSR count). The zero-order valence-corrected chi connectivity index (χ0v) is 21.6. The fourth-order valence-corrected chi connectivity index (χ4v) is 8.10. The van der Waals surface area contributed by atoms with Gasteiger partial charge in [0.25, 0.3) is 0 Å². The first-order chi connectivity index (χ1) is 16.8. The third kappa shape index (κ3) is 4.24. The Morgan fingerprint density at radius 3 is 2.26 bits per heavy atom. The lowest BCUT2D eigenvalue weighted by atomic mass is 10.0. The molecule has 3 fully saturated rings. The van der Waals surface area contributed by atoms with Crippen molar-refractivity contribution in [3.05, 3.63) is 64.3 Å². The van der Waals surface area contributed by atoms with Crippen LogP contribution in [0.4, 0.5) is 0 Å². The van der Waals surface area contributed by atoms with Crippen molar-refractivity contribution in [1.82, 2.24) is 9.47 Å². The van der Waals surface area contributed by atoms with Crippen LogP contribution in [0.2, 0.25) is 5.02 Å². The van der Waals surface area contributed by atoms with Gasteiger partial charge in [-0.2, -0.15) is 0 Å². The summed E-state index contributed by atoms with van der Waals surface area (Å²) in [5.41, 5.74) is 4.56. The number of benzene rings is 2. The van der Waals surface area contributed by atoms with E-state index in [9.17, 15) is 13.2 Å². The van der Waals surface area contributed by atoms with Gasteiger partial charge < -0.3 is 4.57 Å².